The zero-order valence-electron chi connectivity index (χ0n) is 7.50. The Kier molecular flexibility index (Phi) is 2.52. The molecule has 0 saturated heterocycles. The van der Waals surface area contributed by atoms with Gasteiger partial charge in [0, 0.05) is 5.69 Å². The maximum atomic E-state index is 12.4. The highest BCUT2D eigenvalue weighted by Crippen LogP contribution is 2.38. The maximum Gasteiger partial charge on any atom is 0.423 e. The van der Waals surface area contributed by atoms with Gasteiger partial charge in [-0.05, 0) is 13.0 Å². The number of rotatable bonds is 1. The number of nitrogen functional groups attached to an aromatic ring is 1. The Labute approximate surface area is 81.9 Å². The minimum absolute atomic E-state index is 0.0228. The van der Waals surface area contributed by atoms with Gasteiger partial charge in [0.05, 0.1) is 4.92 Å². The molecular weight excluding hydrogens is 215 g/mol. The molecule has 15 heavy (non-hydrogen) atoms. The first-order valence-corrected chi connectivity index (χ1v) is 3.72. The number of alkyl halides is 3. The summed E-state index contributed by atoms with van der Waals surface area (Å²) in [4.78, 5) is 12.6. The van der Waals surface area contributed by atoms with Gasteiger partial charge in [0.2, 0.25) is 5.82 Å². The van der Waals surface area contributed by atoms with E-state index in [1.165, 1.54) is 6.92 Å². The molecule has 1 rings (SSSR count). The van der Waals surface area contributed by atoms with E-state index >= 15 is 0 Å². The van der Waals surface area contributed by atoms with Crippen LogP contribution < -0.4 is 5.73 Å². The van der Waals surface area contributed by atoms with E-state index in [1.54, 1.807) is 0 Å². The first-order valence-electron chi connectivity index (χ1n) is 3.72. The Balaban J connectivity index is 3.54. The molecule has 1 heterocycles. The predicted molar refractivity (Wildman–Crippen MR) is 45.0 cm³/mol. The summed E-state index contributed by atoms with van der Waals surface area (Å²) in [6.45, 7) is 1.27. The molecule has 8 heteroatoms. The van der Waals surface area contributed by atoms with E-state index in [1.807, 2.05) is 0 Å². The van der Waals surface area contributed by atoms with E-state index in [0.717, 1.165) is 0 Å². The van der Waals surface area contributed by atoms with Crippen molar-refractivity contribution in [3.63, 3.8) is 0 Å². The highest BCUT2D eigenvalue weighted by atomic mass is 19.4. The summed E-state index contributed by atoms with van der Waals surface area (Å²) in [7, 11) is 0. The van der Waals surface area contributed by atoms with Crippen LogP contribution in [-0.2, 0) is 6.18 Å². The number of hydrogen-bond acceptors (Lipinski definition) is 4. The van der Waals surface area contributed by atoms with Gasteiger partial charge in [0.1, 0.15) is 5.56 Å². The molecule has 5 nitrogen and oxygen atoms in total. The summed E-state index contributed by atoms with van der Waals surface area (Å²) in [6.07, 6.45) is -4.82. The van der Waals surface area contributed by atoms with Crippen molar-refractivity contribution in [2.24, 2.45) is 0 Å². The lowest BCUT2D eigenvalue weighted by atomic mass is 10.2. The third kappa shape index (κ3) is 2.14. The van der Waals surface area contributed by atoms with Crippen LogP contribution in [0.3, 0.4) is 0 Å². The van der Waals surface area contributed by atoms with Crippen LogP contribution in [0, 0.1) is 17.0 Å². The Morgan fingerprint density at radius 2 is 2.07 bits per heavy atom. The van der Waals surface area contributed by atoms with E-state index in [-0.39, 0.29) is 5.69 Å². The Hall–Kier alpha value is -1.86. The van der Waals surface area contributed by atoms with Crippen molar-refractivity contribution in [2.75, 3.05) is 5.73 Å². The number of anilines is 1. The van der Waals surface area contributed by atoms with Gasteiger partial charge in [0.15, 0.2) is 0 Å². The molecule has 82 valence electrons. The quantitative estimate of drug-likeness (QED) is 0.579. The van der Waals surface area contributed by atoms with Crippen molar-refractivity contribution in [3.05, 3.63) is 27.4 Å². The number of halogens is 3. The number of aromatic nitrogens is 1. The van der Waals surface area contributed by atoms with Gasteiger partial charge in [-0.1, -0.05) is 0 Å². The van der Waals surface area contributed by atoms with Crippen molar-refractivity contribution >= 4 is 11.5 Å². The lowest BCUT2D eigenvalue weighted by molar-refractivity contribution is -0.387. The number of aryl methyl sites for hydroxylation is 1. The highest BCUT2D eigenvalue weighted by molar-refractivity contribution is 5.59. The highest BCUT2D eigenvalue weighted by Gasteiger charge is 2.40. The molecule has 0 amide bonds. The van der Waals surface area contributed by atoms with Crippen LogP contribution in [0.15, 0.2) is 6.07 Å². The fourth-order valence-electron chi connectivity index (χ4n) is 1.10. The Morgan fingerprint density at radius 1 is 1.53 bits per heavy atom. The van der Waals surface area contributed by atoms with Crippen molar-refractivity contribution in [3.8, 4) is 0 Å². The molecule has 0 spiro atoms. The second-order valence-electron chi connectivity index (χ2n) is 2.80. The summed E-state index contributed by atoms with van der Waals surface area (Å²) in [5.41, 5.74) is 2.47. The van der Waals surface area contributed by atoms with Gasteiger partial charge in [-0.25, -0.2) is 4.98 Å². The number of nitrogens with zero attached hydrogens (tertiary/aromatic N) is 2. The summed E-state index contributed by atoms with van der Waals surface area (Å²) >= 11 is 0. The molecule has 0 aliphatic heterocycles. The molecule has 0 radical (unpaired) electrons. The molecule has 0 atom stereocenters. The summed E-state index contributed by atoms with van der Waals surface area (Å²) < 4.78 is 37.1. The van der Waals surface area contributed by atoms with E-state index in [9.17, 15) is 23.3 Å². The largest absolute Gasteiger partial charge is 0.423 e. The summed E-state index contributed by atoms with van der Waals surface area (Å²) in [5.74, 6) is -0.729. The van der Waals surface area contributed by atoms with Crippen LogP contribution in [0.5, 0.6) is 0 Å². The fourth-order valence-corrected chi connectivity index (χ4v) is 1.10. The predicted octanol–water partition coefficient (Wildman–Crippen LogP) is 1.90. The second kappa shape index (κ2) is 3.37. The molecule has 0 aliphatic carbocycles. The zero-order chi connectivity index (χ0) is 11.8. The number of hydrogen-bond donors (Lipinski definition) is 1. The minimum Gasteiger partial charge on any atom is -0.378 e. The summed E-state index contributed by atoms with van der Waals surface area (Å²) in [5, 5.41) is 10.4. The second-order valence-corrected chi connectivity index (χ2v) is 2.80. The van der Waals surface area contributed by atoms with Crippen LogP contribution in [0.2, 0.25) is 0 Å². The third-order valence-corrected chi connectivity index (χ3v) is 1.64. The third-order valence-electron chi connectivity index (χ3n) is 1.64. The Bertz CT molecular complexity index is 417. The smallest absolute Gasteiger partial charge is 0.378 e. The summed E-state index contributed by atoms with van der Waals surface area (Å²) in [6, 6.07) is 0.592. The molecule has 0 saturated carbocycles. The van der Waals surface area contributed by atoms with Crippen molar-refractivity contribution in [1.29, 1.82) is 0 Å². The van der Waals surface area contributed by atoms with Crippen molar-refractivity contribution < 1.29 is 18.1 Å². The molecular formula is C7H6F3N3O2. The molecule has 0 fully saturated rings. The van der Waals surface area contributed by atoms with E-state index < -0.39 is 28.2 Å². The first-order chi connectivity index (χ1) is 6.73. The molecule has 0 aromatic carbocycles. The normalized spacial score (nSPS) is 11.5. The topological polar surface area (TPSA) is 82.0 Å². The average Bonchev–Trinajstić information content (AvgIpc) is 1.99. The van der Waals surface area contributed by atoms with Crippen molar-refractivity contribution in [1.82, 2.24) is 4.98 Å². The molecule has 1 aromatic rings. The number of nitrogens with two attached hydrogens (primary N) is 1. The standard InChI is InChI=1S/C7H6F3N3O2/c1-3-2-4(7(8,9)10)5(13(14)15)6(11)12-3/h2H,1H3,(H2,11,12). The Morgan fingerprint density at radius 3 is 2.47 bits per heavy atom. The van der Waals surface area contributed by atoms with E-state index in [0.29, 0.717) is 6.07 Å². The maximum absolute atomic E-state index is 12.4. The lowest BCUT2D eigenvalue weighted by Crippen LogP contribution is -2.12. The number of nitro groups is 1. The van der Waals surface area contributed by atoms with Gasteiger partial charge in [-0.3, -0.25) is 10.1 Å². The first kappa shape index (κ1) is 11.2. The lowest BCUT2D eigenvalue weighted by Gasteiger charge is -2.09. The van der Waals surface area contributed by atoms with Gasteiger partial charge < -0.3 is 5.73 Å². The van der Waals surface area contributed by atoms with Crippen LogP contribution in [-0.4, -0.2) is 9.91 Å². The molecule has 0 unspecified atom stereocenters. The fraction of sp³-hybridized carbons (Fsp3) is 0.286. The van der Waals surface area contributed by atoms with Gasteiger partial charge in [0.25, 0.3) is 0 Å². The van der Waals surface area contributed by atoms with E-state index in [4.69, 9.17) is 5.73 Å². The minimum atomic E-state index is -4.82. The molecule has 0 bridgehead atoms. The van der Waals surface area contributed by atoms with Gasteiger partial charge in [-0.15, -0.1) is 0 Å². The van der Waals surface area contributed by atoms with Crippen molar-refractivity contribution in [2.45, 2.75) is 13.1 Å². The molecule has 2 N–H and O–H groups in total. The van der Waals surface area contributed by atoms with Crippen LogP contribution in [0.4, 0.5) is 24.7 Å². The molecule has 1 aromatic heterocycles. The number of pyridine rings is 1. The SMILES string of the molecule is Cc1cc(C(F)(F)F)c([N+](=O)[O-])c(N)n1. The molecule has 0 aliphatic rings. The average molecular weight is 221 g/mol. The van der Waals surface area contributed by atoms with Crippen LogP contribution in [0.25, 0.3) is 0 Å². The van der Waals surface area contributed by atoms with Crippen LogP contribution in [0.1, 0.15) is 11.3 Å². The monoisotopic (exact) mass is 221 g/mol. The zero-order valence-corrected chi connectivity index (χ0v) is 7.50. The van der Waals surface area contributed by atoms with Gasteiger partial charge >= 0.3 is 11.9 Å². The van der Waals surface area contributed by atoms with Crippen LogP contribution >= 0.6 is 0 Å². The van der Waals surface area contributed by atoms with Gasteiger partial charge in [-0.2, -0.15) is 13.2 Å². The van der Waals surface area contributed by atoms with E-state index in [2.05, 4.69) is 4.98 Å².